The van der Waals surface area contributed by atoms with E-state index in [0.717, 1.165) is 17.7 Å². The van der Waals surface area contributed by atoms with Gasteiger partial charge in [0.05, 0.1) is 18.4 Å². The number of carbonyl (C=O) groups is 1. The first-order chi connectivity index (χ1) is 10.0. The van der Waals surface area contributed by atoms with Crippen LogP contribution < -0.4 is 5.32 Å². The van der Waals surface area contributed by atoms with Gasteiger partial charge in [-0.15, -0.1) is 0 Å². The van der Waals surface area contributed by atoms with Crippen LogP contribution in [0.25, 0.3) is 0 Å². The number of esters is 1. The molecule has 0 heterocycles. The summed E-state index contributed by atoms with van der Waals surface area (Å²) < 4.78 is 43.9. The smallest absolute Gasteiger partial charge is 0.337 e. The van der Waals surface area contributed by atoms with E-state index >= 15 is 0 Å². The van der Waals surface area contributed by atoms with Crippen LogP contribution in [0.15, 0.2) is 36.4 Å². The van der Waals surface area contributed by atoms with Gasteiger partial charge in [-0.05, 0) is 29.8 Å². The Hall–Kier alpha value is -2.50. The summed E-state index contributed by atoms with van der Waals surface area (Å²) in [5, 5.41) is 2.66. The van der Waals surface area contributed by atoms with E-state index in [-0.39, 0.29) is 12.2 Å². The van der Waals surface area contributed by atoms with E-state index in [1.165, 1.54) is 7.11 Å². The van der Waals surface area contributed by atoms with Gasteiger partial charge in [0.25, 0.3) is 0 Å². The number of hydrogen-bond donors (Lipinski definition) is 1. The number of benzene rings is 2. The first-order valence-electron chi connectivity index (χ1n) is 6.07. The number of methoxy groups -OCH3 is 1. The van der Waals surface area contributed by atoms with Gasteiger partial charge in [0.2, 0.25) is 0 Å². The molecule has 0 bridgehead atoms. The van der Waals surface area contributed by atoms with E-state index in [0.29, 0.717) is 5.56 Å². The maximum Gasteiger partial charge on any atom is 0.337 e. The van der Waals surface area contributed by atoms with Gasteiger partial charge in [0, 0.05) is 6.54 Å². The lowest BCUT2D eigenvalue weighted by Gasteiger charge is -2.09. The molecule has 0 amide bonds. The van der Waals surface area contributed by atoms with Crippen molar-refractivity contribution in [1.82, 2.24) is 0 Å². The maximum absolute atomic E-state index is 13.4. The van der Waals surface area contributed by atoms with Crippen LogP contribution >= 0.6 is 0 Å². The Labute approximate surface area is 119 Å². The van der Waals surface area contributed by atoms with E-state index in [1.807, 2.05) is 0 Å². The predicted octanol–water partition coefficient (Wildman–Crippen LogP) is 3.50. The van der Waals surface area contributed by atoms with Crippen LogP contribution in [0.3, 0.4) is 0 Å². The molecular formula is C15H12F3NO2. The van der Waals surface area contributed by atoms with Crippen LogP contribution in [0.2, 0.25) is 0 Å². The largest absolute Gasteiger partial charge is 0.465 e. The third-order valence-electron chi connectivity index (χ3n) is 2.89. The first-order valence-corrected chi connectivity index (χ1v) is 6.07. The van der Waals surface area contributed by atoms with Gasteiger partial charge < -0.3 is 10.1 Å². The number of anilines is 1. The van der Waals surface area contributed by atoms with Crippen LogP contribution in [0.4, 0.5) is 18.9 Å². The molecule has 2 aromatic rings. The van der Waals surface area contributed by atoms with Crippen molar-refractivity contribution in [2.75, 3.05) is 12.4 Å². The molecule has 0 spiro atoms. The van der Waals surface area contributed by atoms with E-state index < -0.39 is 23.4 Å². The molecule has 0 radical (unpaired) electrons. The average molecular weight is 295 g/mol. The zero-order valence-corrected chi connectivity index (χ0v) is 11.1. The fourth-order valence-electron chi connectivity index (χ4n) is 1.74. The Morgan fingerprint density at radius 3 is 2.33 bits per heavy atom. The average Bonchev–Trinajstić information content (AvgIpc) is 2.52. The van der Waals surface area contributed by atoms with Crippen molar-refractivity contribution in [3.63, 3.8) is 0 Å². The molecule has 0 fully saturated rings. The minimum Gasteiger partial charge on any atom is -0.465 e. The zero-order chi connectivity index (χ0) is 15.4. The number of ether oxygens (including phenoxy) is 1. The highest BCUT2D eigenvalue weighted by Crippen LogP contribution is 2.20. The van der Waals surface area contributed by atoms with E-state index in [4.69, 9.17) is 0 Å². The standard InChI is InChI=1S/C15H12F3NO2/c1-21-15(20)10-4-2-9(3-5-10)8-19-12-7-6-11(16)13(17)14(12)18/h2-7,19H,8H2,1H3. The molecule has 1 N–H and O–H groups in total. The van der Waals surface area contributed by atoms with Gasteiger partial charge in [-0.2, -0.15) is 0 Å². The van der Waals surface area contributed by atoms with Crippen molar-refractivity contribution >= 4 is 11.7 Å². The molecule has 0 aromatic heterocycles. The van der Waals surface area contributed by atoms with Crippen molar-refractivity contribution in [1.29, 1.82) is 0 Å². The number of carbonyl (C=O) groups excluding carboxylic acids is 1. The summed E-state index contributed by atoms with van der Waals surface area (Å²) in [7, 11) is 1.28. The molecule has 2 rings (SSSR count). The summed E-state index contributed by atoms with van der Waals surface area (Å²) in [5.41, 5.74) is 0.998. The molecule has 0 saturated heterocycles. The molecule has 0 atom stereocenters. The molecule has 2 aromatic carbocycles. The predicted molar refractivity (Wildman–Crippen MR) is 71.4 cm³/mol. The molecule has 110 valence electrons. The van der Waals surface area contributed by atoms with Gasteiger partial charge >= 0.3 is 5.97 Å². The number of rotatable bonds is 4. The van der Waals surface area contributed by atoms with E-state index in [2.05, 4.69) is 10.1 Å². The van der Waals surface area contributed by atoms with Gasteiger partial charge in [0.15, 0.2) is 17.5 Å². The van der Waals surface area contributed by atoms with Crippen molar-refractivity contribution in [2.45, 2.75) is 6.54 Å². The summed E-state index contributed by atoms with van der Waals surface area (Å²) in [4.78, 5) is 11.3. The molecule has 21 heavy (non-hydrogen) atoms. The lowest BCUT2D eigenvalue weighted by molar-refractivity contribution is 0.0600. The first kappa shape index (κ1) is 14.9. The molecule has 0 aliphatic carbocycles. The molecule has 0 saturated carbocycles. The summed E-state index contributed by atoms with van der Waals surface area (Å²) in [6.45, 7) is 0.198. The van der Waals surface area contributed by atoms with Gasteiger partial charge in [-0.1, -0.05) is 12.1 Å². The van der Waals surface area contributed by atoms with Crippen LogP contribution in [-0.2, 0) is 11.3 Å². The summed E-state index contributed by atoms with van der Waals surface area (Å²) in [6, 6.07) is 8.39. The van der Waals surface area contributed by atoms with Crippen LogP contribution in [0, 0.1) is 17.5 Å². The Morgan fingerprint density at radius 2 is 1.71 bits per heavy atom. The molecule has 0 aliphatic rings. The van der Waals surface area contributed by atoms with Gasteiger partial charge in [-0.25, -0.2) is 18.0 Å². The lowest BCUT2D eigenvalue weighted by Crippen LogP contribution is -2.05. The minimum absolute atomic E-state index is 0.133. The quantitative estimate of drug-likeness (QED) is 0.693. The van der Waals surface area contributed by atoms with Crippen molar-refractivity contribution in [2.24, 2.45) is 0 Å². The normalized spacial score (nSPS) is 10.3. The second kappa shape index (κ2) is 6.30. The molecule has 3 nitrogen and oxygen atoms in total. The highest BCUT2D eigenvalue weighted by molar-refractivity contribution is 5.89. The SMILES string of the molecule is COC(=O)c1ccc(CNc2ccc(F)c(F)c2F)cc1. The van der Waals surface area contributed by atoms with Crippen molar-refractivity contribution in [3.8, 4) is 0 Å². The minimum atomic E-state index is -1.51. The zero-order valence-electron chi connectivity index (χ0n) is 11.1. The van der Waals surface area contributed by atoms with Crippen molar-refractivity contribution < 1.29 is 22.7 Å². The summed E-state index contributed by atoms with van der Waals surface area (Å²) in [6.07, 6.45) is 0. The number of hydrogen-bond acceptors (Lipinski definition) is 3. The third kappa shape index (κ3) is 3.34. The lowest BCUT2D eigenvalue weighted by atomic mass is 10.1. The monoisotopic (exact) mass is 295 g/mol. The Kier molecular flexibility index (Phi) is 4.47. The Balaban J connectivity index is 2.07. The second-order valence-electron chi connectivity index (χ2n) is 4.26. The van der Waals surface area contributed by atoms with E-state index in [1.54, 1.807) is 24.3 Å². The topological polar surface area (TPSA) is 38.3 Å². The highest BCUT2D eigenvalue weighted by Gasteiger charge is 2.13. The van der Waals surface area contributed by atoms with Gasteiger partial charge in [0.1, 0.15) is 0 Å². The third-order valence-corrected chi connectivity index (χ3v) is 2.89. The Bertz CT molecular complexity index is 657. The Morgan fingerprint density at radius 1 is 1.05 bits per heavy atom. The number of nitrogens with one attached hydrogen (secondary N) is 1. The maximum atomic E-state index is 13.4. The van der Waals surface area contributed by atoms with E-state index in [9.17, 15) is 18.0 Å². The molecule has 6 heteroatoms. The fourth-order valence-corrected chi connectivity index (χ4v) is 1.74. The van der Waals surface area contributed by atoms with Crippen LogP contribution in [0.1, 0.15) is 15.9 Å². The fraction of sp³-hybridized carbons (Fsp3) is 0.133. The van der Waals surface area contributed by atoms with Crippen LogP contribution in [-0.4, -0.2) is 13.1 Å². The molecular weight excluding hydrogens is 283 g/mol. The highest BCUT2D eigenvalue weighted by atomic mass is 19.2. The summed E-state index contributed by atoms with van der Waals surface area (Å²) in [5.74, 6) is -4.47. The van der Waals surface area contributed by atoms with Crippen molar-refractivity contribution in [3.05, 3.63) is 65.0 Å². The van der Waals surface area contributed by atoms with Gasteiger partial charge in [-0.3, -0.25) is 0 Å². The summed E-state index contributed by atoms with van der Waals surface area (Å²) >= 11 is 0. The molecule has 0 unspecified atom stereocenters. The second-order valence-corrected chi connectivity index (χ2v) is 4.26. The van der Waals surface area contributed by atoms with Crippen LogP contribution in [0.5, 0.6) is 0 Å². The number of halogens is 3. The molecule has 0 aliphatic heterocycles.